The second-order valence-corrected chi connectivity index (χ2v) is 6.61. The molecule has 1 aromatic heterocycles. The molecule has 2 heterocycles. The molecule has 0 bridgehead atoms. The number of rotatable bonds is 3. The minimum absolute atomic E-state index is 0.0496. The lowest BCUT2D eigenvalue weighted by Crippen LogP contribution is -2.42. The maximum Gasteiger partial charge on any atom is 0.223 e. The summed E-state index contributed by atoms with van der Waals surface area (Å²) < 4.78 is 1.07. The van der Waals surface area contributed by atoms with Crippen LogP contribution in [0.2, 0.25) is 0 Å². The molecule has 2 atom stereocenters. The average Bonchev–Trinajstić information content (AvgIpc) is 2.69. The molecule has 2 N–H and O–H groups in total. The topological polar surface area (TPSA) is 46.3 Å². The van der Waals surface area contributed by atoms with Crippen LogP contribution >= 0.6 is 27.3 Å². The summed E-state index contributed by atoms with van der Waals surface area (Å²) in [6.07, 6.45) is 3.44. The van der Waals surface area contributed by atoms with E-state index >= 15 is 0 Å². The van der Waals surface area contributed by atoms with Crippen molar-refractivity contribution in [1.29, 1.82) is 0 Å². The first-order valence-electron chi connectivity index (χ1n) is 6.42. The maximum atomic E-state index is 12.2. The number of nitrogens with zero attached hydrogens (tertiary/aromatic N) is 1. The molecule has 1 aromatic rings. The van der Waals surface area contributed by atoms with Gasteiger partial charge in [0.15, 0.2) is 0 Å². The molecule has 18 heavy (non-hydrogen) atoms. The van der Waals surface area contributed by atoms with Crippen molar-refractivity contribution in [2.75, 3.05) is 6.54 Å². The zero-order chi connectivity index (χ0) is 13.1. The Morgan fingerprint density at radius 3 is 3.00 bits per heavy atom. The van der Waals surface area contributed by atoms with Gasteiger partial charge < -0.3 is 10.6 Å². The van der Waals surface area contributed by atoms with Crippen LogP contribution in [0.4, 0.5) is 0 Å². The first kappa shape index (κ1) is 14.0. The number of hydrogen-bond acceptors (Lipinski definition) is 3. The Labute approximate surface area is 120 Å². The first-order chi connectivity index (χ1) is 8.63. The summed E-state index contributed by atoms with van der Waals surface area (Å²) in [6, 6.07) is 2.20. The highest BCUT2D eigenvalue weighted by molar-refractivity contribution is 9.10. The number of halogens is 1. The molecule has 100 valence electrons. The molecule has 0 aromatic carbocycles. The highest BCUT2D eigenvalue weighted by Gasteiger charge is 2.33. The Bertz CT molecular complexity index is 421. The van der Waals surface area contributed by atoms with Crippen LogP contribution in [-0.4, -0.2) is 23.4 Å². The highest BCUT2D eigenvalue weighted by Crippen LogP contribution is 2.35. The normalized spacial score (nSPS) is 25.3. The van der Waals surface area contributed by atoms with Gasteiger partial charge in [-0.2, -0.15) is 0 Å². The van der Waals surface area contributed by atoms with Gasteiger partial charge in [-0.05, 0) is 41.3 Å². The third kappa shape index (κ3) is 2.95. The Balaban J connectivity index is 2.32. The van der Waals surface area contributed by atoms with E-state index in [1.807, 2.05) is 4.90 Å². The standard InChI is InChI=1S/C13H19BrN2OS/c1-2-6-16-12(17)5-3-4-10(15)13(16)11-7-9(14)8-18-11/h7-8,10,13H,2-6,15H2,1H3. The summed E-state index contributed by atoms with van der Waals surface area (Å²) in [4.78, 5) is 15.4. The number of carbonyl (C=O) groups excluding carboxylic acids is 1. The van der Waals surface area contributed by atoms with E-state index in [1.165, 1.54) is 4.88 Å². The number of hydrogen-bond donors (Lipinski definition) is 1. The summed E-state index contributed by atoms with van der Waals surface area (Å²) in [7, 11) is 0. The summed E-state index contributed by atoms with van der Waals surface area (Å²) in [6.45, 7) is 2.90. The Morgan fingerprint density at radius 1 is 1.61 bits per heavy atom. The predicted octanol–water partition coefficient (Wildman–Crippen LogP) is 3.30. The minimum atomic E-state index is 0.0496. The fourth-order valence-corrected chi connectivity index (χ4v) is 4.16. The van der Waals surface area contributed by atoms with Gasteiger partial charge >= 0.3 is 0 Å². The Morgan fingerprint density at radius 2 is 2.39 bits per heavy atom. The van der Waals surface area contributed by atoms with E-state index in [1.54, 1.807) is 11.3 Å². The van der Waals surface area contributed by atoms with E-state index in [0.717, 1.165) is 30.3 Å². The molecule has 2 unspecified atom stereocenters. The fraction of sp³-hybridized carbons (Fsp3) is 0.615. The van der Waals surface area contributed by atoms with Crippen molar-refractivity contribution >= 4 is 33.2 Å². The Kier molecular flexibility index (Phi) is 4.81. The van der Waals surface area contributed by atoms with E-state index in [2.05, 4.69) is 34.3 Å². The summed E-state index contributed by atoms with van der Waals surface area (Å²) >= 11 is 5.16. The smallest absolute Gasteiger partial charge is 0.223 e. The average molecular weight is 331 g/mol. The summed E-state index contributed by atoms with van der Waals surface area (Å²) in [5, 5.41) is 2.06. The lowest BCUT2D eigenvalue weighted by Gasteiger charge is -2.32. The van der Waals surface area contributed by atoms with Crippen molar-refractivity contribution in [3.05, 3.63) is 20.8 Å². The molecular weight excluding hydrogens is 312 g/mol. The molecule has 1 amide bonds. The summed E-state index contributed by atoms with van der Waals surface area (Å²) in [5.41, 5.74) is 6.30. The van der Waals surface area contributed by atoms with Crippen LogP contribution in [0.3, 0.4) is 0 Å². The fourth-order valence-electron chi connectivity index (χ4n) is 2.53. The van der Waals surface area contributed by atoms with Crippen LogP contribution in [0.5, 0.6) is 0 Å². The van der Waals surface area contributed by atoms with E-state index in [-0.39, 0.29) is 18.0 Å². The summed E-state index contributed by atoms with van der Waals surface area (Å²) in [5.74, 6) is 0.249. The maximum absolute atomic E-state index is 12.2. The second kappa shape index (κ2) is 6.17. The molecule has 3 nitrogen and oxygen atoms in total. The molecule has 1 aliphatic heterocycles. The number of nitrogens with two attached hydrogens (primary N) is 1. The van der Waals surface area contributed by atoms with E-state index in [9.17, 15) is 4.79 Å². The largest absolute Gasteiger partial charge is 0.333 e. The zero-order valence-electron chi connectivity index (χ0n) is 10.6. The number of thiophene rings is 1. The van der Waals surface area contributed by atoms with Gasteiger partial charge in [0.05, 0.1) is 6.04 Å². The van der Waals surface area contributed by atoms with Crippen LogP contribution in [0.1, 0.15) is 43.5 Å². The van der Waals surface area contributed by atoms with Crippen molar-refractivity contribution < 1.29 is 4.79 Å². The quantitative estimate of drug-likeness (QED) is 0.924. The van der Waals surface area contributed by atoms with Crippen molar-refractivity contribution in [2.24, 2.45) is 5.73 Å². The molecule has 0 radical (unpaired) electrons. The monoisotopic (exact) mass is 330 g/mol. The molecule has 2 rings (SSSR count). The van der Waals surface area contributed by atoms with E-state index < -0.39 is 0 Å². The minimum Gasteiger partial charge on any atom is -0.333 e. The van der Waals surface area contributed by atoms with Crippen molar-refractivity contribution in [3.8, 4) is 0 Å². The van der Waals surface area contributed by atoms with Gasteiger partial charge in [0, 0.05) is 33.7 Å². The molecule has 0 spiro atoms. The van der Waals surface area contributed by atoms with Gasteiger partial charge in [-0.1, -0.05) is 6.92 Å². The molecule has 1 aliphatic rings. The molecule has 5 heteroatoms. The SMILES string of the molecule is CCCN1C(=O)CCCC(N)C1c1cc(Br)cs1. The number of carbonyl (C=O) groups is 1. The molecule has 0 saturated carbocycles. The second-order valence-electron chi connectivity index (χ2n) is 4.76. The van der Waals surface area contributed by atoms with E-state index in [0.29, 0.717) is 6.42 Å². The van der Waals surface area contributed by atoms with Gasteiger partial charge in [-0.3, -0.25) is 4.79 Å². The predicted molar refractivity (Wildman–Crippen MR) is 78.6 cm³/mol. The highest BCUT2D eigenvalue weighted by atomic mass is 79.9. The van der Waals surface area contributed by atoms with Crippen LogP contribution in [0, 0.1) is 0 Å². The molecule has 1 saturated heterocycles. The van der Waals surface area contributed by atoms with E-state index in [4.69, 9.17) is 5.73 Å². The lowest BCUT2D eigenvalue weighted by atomic mass is 10.0. The van der Waals surface area contributed by atoms with Gasteiger partial charge in [0.25, 0.3) is 0 Å². The third-order valence-corrected chi connectivity index (χ3v) is 5.10. The van der Waals surface area contributed by atoms with Gasteiger partial charge in [-0.25, -0.2) is 0 Å². The Hall–Kier alpha value is -0.390. The van der Waals surface area contributed by atoms with Gasteiger partial charge in [-0.15, -0.1) is 11.3 Å². The van der Waals surface area contributed by atoms with Crippen molar-refractivity contribution in [2.45, 2.75) is 44.7 Å². The number of likely N-dealkylation sites (tertiary alicyclic amines) is 1. The first-order valence-corrected chi connectivity index (χ1v) is 8.09. The van der Waals surface area contributed by atoms with Crippen LogP contribution < -0.4 is 5.73 Å². The van der Waals surface area contributed by atoms with Crippen molar-refractivity contribution in [3.63, 3.8) is 0 Å². The third-order valence-electron chi connectivity index (χ3n) is 3.33. The molecule has 0 aliphatic carbocycles. The van der Waals surface area contributed by atoms with Crippen LogP contribution in [0.15, 0.2) is 15.9 Å². The van der Waals surface area contributed by atoms with Crippen LogP contribution in [0.25, 0.3) is 0 Å². The van der Waals surface area contributed by atoms with Crippen LogP contribution in [-0.2, 0) is 4.79 Å². The zero-order valence-corrected chi connectivity index (χ0v) is 13.0. The lowest BCUT2D eigenvalue weighted by molar-refractivity contribution is -0.133. The molecule has 1 fully saturated rings. The van der Waals surface area contributed by atoms with Gasteiger partial charge in [0.2, 0.25) is 5.91 Å². The molecular formula is C13H19BrN2OS. The van der Waals surface area contributed by atoms with Gasteiger partial charge in [0.1, 0.15) is 0 Å². The van der Waals surface area contributed by atoms with Crippen molar-refractivity contribution in [1.82, 2.24) is 4.90 Å². The number of amides is 1.